The van der Waals surface area contributed by atoms with Crippen LogP contribution < -0.4 is 4.90 Å². The molecule has 1 heterocycles. The molecular weight excluding hydrogens is 260 g/mol. The molecule has 1 saturated carbocycles. The second-order valence-electron chi connectivity index (χ2n) is 6.25. The molecule has 1 fully saturated rings. The number of benzene rings is 1. The Bertz CT molecular complexity index is 544. The van der Waals surface area contributed by atoms with Crippen molar-refractivity contribution < 1.29 is 4.79 Å². The third-order valence-corrected chi connectivity index (χ3v) is 4.77. The summed E-state index contributed by atoms with van der Waals surface area (Å²) in [7, 11) is 2.00. The van der Waals surface area contributed by atoms with Crippen molar-refractivity contribution in [3.63, 3.8) is 0 Å². The predicted molar refractivity (Wildman–Crippen MR) is 86.1 cm³/mol. The Morgan fingerprint density at radius 1 is 1.10 bits per heavy atom. The van der Waals surface area contributed by atoms with E-state index in [4.69, 9.17) is 0 Å². The van der Waals surface area contributed by atoms with E-state index in [1.54, 1.807) is 0 Å². The van der Waals surface area contributed by atoms with Crippen LogP contribution in [0.25, 0.3) is 0 Å². The number of anilines is 1. The highest BCUT2D eigenvalue weighted by Gasteiger charge is 2.35. The first-order chi connectivity index (χ1) is 10.2. The number of likely N-dealkylation sites (N-methyl/N-ethyl adjacent to an activating group) is 1. The first-order valence-corrected chi connectivity index (χ1v) is 7.98. The van der Waals surface area contributed by atoms with Crippen molar-refractivity contribution in [2.45, 2.75) is 45.1 Å². The van der Waals surface area contributed by atoms with E-state index in [9.17, 15) is 4.79 Å². The number of para-hydroxylation sites is 1. The number of hydrogen-bond donors (Lipinski definition) is 0. The summed E-state index contributed by atoms with van der Waals surface area (Å²) in [6.07, 6.45) is 6.18. The van der Waals surface area contributed by atoms with Gasteiger partial charge in [0.25, 0.3) is 5.91 Å². The Kier molecular flexibility index (Phi) is 4.00. The molecule has 1 amide bonds. The van der Waals surface area contributed by atoms with Crippen molar-refractivity contribution in [1.82, 2.24) is 4.90 Å². The van der Waals surface area contributed by atoms with E-state index in [0.29, 0.717) is 6.04 Å². The van der Waals surface area contributed by atoms with Crippen LogP contribution in [0.3, 0.4) is 0 Å². The van der Waals surface area contributed by atoms with Crippen LogP contribution >= 0.6 is 0 Å². The fourth-order valence-electron chi connectivity index (χ4n) is 3.62. The lowest BCUT2D eigenvalue weighted by molar-refractivity contribution is -0.128. The number of amides is 1. The normalized spacial score (nSPS) is 20.3. The second-order valence-corrected chi connectivity index (χ2v) is 6.25. The highest BCUT2D eigenvalue weighted by atomic mass is 16.2. The van der Waals surface area contributed by atoms with E-state index >= 15 is 0 Å². The summed E-state index contributed by atoms with van der Waals surface area (Å²) in [5.41, 5.74) is 3.13. The molecule has 3 heteroatoms. The Labute approximate surface area is 127 Å². The van der Waals surface area contributed by atoms with E-state index in [0.717, 1.165) is 17.9 Å². The minimum atomic E-state index is 0.214. The molecule has 0 spiro atoms. The van der Waals surface area contributed by atoms with E-state index in [2.05, 4.69) is 24.0 Å². The summed E-state index contributed by atoms with van der Waals surface area (Å²) < 4.78 is 0. The Morgan fingerprint density at radius 2 is 1.76 bits per heavy atom. The lowest BCUT2D eigenvalue weighted by Crippen LogP contribution is -2.40. The third kappa shape index (κ3) is 2.69. The maximum Gasteiger partial charge on any atom is 0.271 e. The summed E-state index contributed by atoms with van der Waals surface area (Å²) in [6.45, 7) is 2.89. The first-order valence-electron chi connectivity index (χ1n) is 7.98. The maximum atomic E-state index is 12.9. The van der Waals surface area contributed by atoms with Crippen molar-refractivity contribution in [3.8, 4) is 0 Å². The minimum absolute atomic E-state index is 0.214. The first kappa shape index (κ1) is 14.2. The van der Waals surface area contributed by atoms with Gasteiger partial charge in [0.05, 0.1) is 0 Å². The van der Waals surface area contributed by atoms with Crippen molar-refractivity contribution in [2.75, 3.05) is 18.5 Å². The van der Waals surface area contributed by atoms with Gasteiger partial charge in [-0.25, -0.2) is 0 Å². The summed E-state index contributed by atoms with van der Waals surface area (Å²) >= 11 is 0. The SMILES string of the molecule is CC1=C(N(C)c2ccccc2)C(=O)N(C2CCCCC2)C1. The van der Waals surface area contributed by atoms with Gasteiger partial charge in [-0.2, -0.15) is 0 Å². The number of hydrogen-bond acceptors (Lipinski definition) is 2. The molecule has 0 radical (unpaired) electrons. The number of rotatable bonds is 3. The fraction of sp³-hybridized carbons (Fsp3) is 0.500. The third-order valence-electron chi connectivity index (χ3n) is 4.77. The van der Waals surface area contributed by atoms with Crippen molar-refractivity contribution in [1.29, 1.82) is 0 Å². The van der Waals surface area contributed by atoms with E-state index in [1.165, 1.54) is 37.7 Å². The van der Waals surface area contributed by atoms with Gasteiger partial charge >= 0.3 is 0 Å². The molecule has 1 aliphatic heterocycles. The van der Waals surface area contributed by atoms with Gasteiger partial charge < -0.3 is 9.80 Å². The minimum Gasteiger partial charge on any atom is -0.340 e. The van der Waals surface area contributed by atoms with Crippen LogP contribution in [0.5, 0.6) is 0 Å². The van der Waals surface area contributed by atoms with Gasteiger partial charge in [-0.15, -0.1) is 0 Å². The van der Waals surface area contributed by atoms with Crippen LogP contribution in [0.1, 0.15) is 39.0 Å². The summed E-state index contributed by atoms with van der Waals surface area (Å²) in [4.78, 5) is 17.0. The van der Waals surface area contributed by atoms with Gasteiger partial charge in [0, 0.05) is 25.3 Å². The zero-order valence-electron chi connectivity index (χ0n) is 13.0. The predicted octanol–water partition coefficient (Wildman–Crippen LogP) is 3.57. The van der Waals surface area contributed by atoms with Crippen LogP contribution in [0.2, 0.25) is 0 Å². The molecule has 0 saturated heterocycles. The summed E-state index contributed by atoms with van der Waals surface area (Å²) in [5.74, 6) is 0.214. The van der Waals surface area contributed by atoms with E-state index in [-0.39, 0.29) is 5.91 Å². The average Bonchev–Trinajstić information content (AvgIpc) is 2.83. The highest BCUT2D eigenvalue weighted by Crippen LogP contribution is 2.31. The Morgan fingerprint density at radius 3 is 2.43 bits per heavy atom. The van der Waals surface area contributed by atoms with Crippen molar-refractivity contribution in [2.24, 2.45) is 0 Å². The Hall–Kier alpha value is -1.77. The smallest absolute Gasteiger partial charge is 0.271 e. The molecule has 1 aromatic carbocycles. The van der Waals surface area contributed by atoms with E-state index in [1.807, 2.05) is 30.1 Å². The molecule has 3 rings (SSSR count). The molecule has 0 atom stereocenters. The second kappa shape index (κ2) is 5.92. The van der Waals surface area contributed by atoms with Gasteiger partial charge in [0.15, 0.2) is 0 Å². The molecule has 3 nitrogen and oxygen atoms in total. The molecule has 0 aromatic heterocycles. The maximum absolute atomic E-state index is 12.9. The highest BCUT2D eigenvalue weighted by molar-refractivity contribution is 6.00. The van der Waals surface area contributed by atoms with Gasteiger partial charge in [-0.3, -0.25) is 4.79 Å². The lowest BCUT2D eigenvalue weighted by Gasteiger charge is -2.32. The monoisotopic (exact) mass is 284 g/mol. The molecule has 0 unspecified atom stereocenters. The molecular formula is C18H24N2O. The van der Waals surface area contributed by atoms with Gasteiger partial charge in [0.2, 0.25) is 0 Å². The van der Waals surface area contributed by atoms with Crippen LogP contribution in [-0.2, 0) is 4.79 Å². The lowest BCUT2D eigenvalue weighted by atomic mass is 9.94. The molecule has 21 heavy (non-hydrogen) atoms. The van der Waals surface area contributed by atoms with Crippen molar-refractivity contribution >= 4 is 11.6 Å². The molecule has 0 bridgehead atoms. The average molecular weight is 284 g/mol. The van der Waals surface area contributed by atoms with Crippen molar-refractivity contribution in [3.05, 3.63) is 41.6 Å². The molecule has 1 aliphatic carbocycles. The van der Waals surface area contributed by atoms with Crippen LogP contribution in [0.15, 0.2) is 41.6 Å². The number of carbonyl (C=O) groups is 1. The van der Waals surface area contributed by atoms with Gasteiger partial charge in [0.1, 0.15) is 5.70 Å². The summed E-state index contributed by atoms with van der Waals surface area (Å²) in [6, 6.07) is 10.6. The quantitative estimate of drug-likeness (QED) is 0.847. The summed E-state index contributed by atoms with van der Waals surface area (Å²) in [5, 5.41) is 0. The van der Waals surface area contributed by atoms with Crippen LogP contribution in [0.4, 0.5) is 5.69 Å². The zero-order valence-corrected chi connectivity index (χ0v) is 13.0. The zero-order chi connectivity index (χ0) is 14.8. The van der Waals surface area contributed by atoms with E-state index < -0.39 is 0 Å². The fourth-order valence-corrected chi connectivity index (χ4v) is 3.62. The largest absolute Gasteiger partial charge is 0.340 e. The van der Waals surface area contributed by atoms with Crippen LogP contribution in [-0.4, -0.2) is 30.4 Å². The molecule has 1 aromatic rings. The van der Waals surface area contributed by atoms with Crippen LogP contribution in [0, 0.1) is 0 Å². The Balaban J connectivity index is 1.79. The molecule has 0 N–H and O–H groups in total. The van der Waals surface area contributed by atoms with Gasteiger partial charge in [-0.05, 0) is 37.5 Å². The molecule has 2 aliphatic rings. The molecule has 112 valence electrons. The number of carbonyl (C=O) groups excluding carboxylic acids is 1. The standard InChI is InChI=1S/C18H24N2O/c1-14-13-20(16-11-7-4-8-12-16)18(21)17(14)19(2)15-9-5-3-6-10-15/h3,5-6,9-10,16H,4,7-8,11-13H2,1-2H3. The topological polar surface area (TPSA) is 23.6 Å². The number of nitrogens with zero attached hydrogens (tertiary/aromatic N) is 2. The van der Waals surface area contributed by atoms with Gasteiger partial charge in [-0.1, -0.05) is 37.5 Å².